The van der Waals surface area contributed by atoms with E-state index in [9.17, 15) is 14.0 Å². The first-order chi connectivity index (χ1) is 11.3. The maximum absolute atomic E-state index is 13.3. The number of anilines is 1. The highest BCUT2D eigenvalue weighted by Crippen LogP contribution is 2.34. The maximum Gasteiger partial charge on any atom is 0.341 e. The zero-order valence-corrected chi connectivity index (χ0v) is 14.9. The lowest BCUT2D eigenvalue weighted by Crippen LogP contribution is -2.17. The van der Waals surface area contributed by atoms with Gasteiger partial charge in [-0.25, -0.2) is 9.18 Å². The molecule has 0 saturated carbocycles. The molecule has 128 valence electrons. The Morgan fingerprint density at radius 1 is 1.33 bits per heavy atom. The van der Waals surface area contributed by atoms with E-state index in [0.717, 1.165) is 16.5 Å². The number of amides is 1. The van der Waals surface area contributed by atoms with Crippen molar-refractivity contribution in [2.45, 2.75) is 40.2 Å². The predicted octanol–water partition coefficient (Wildman–Crippen LogP) is 4.58. The van der Waals surface area contributed by atoms with E-state index < -0.39 is 17.7 Å². The van der Waals surface area contributed by atoms with Gasteiger partial charge in [0.2, 0.25) is 0 Å². The van der Waals surface area contributed by atoms with Crippen molar-refractivity contribution < 1.29 is 18.7 Å². The highest BCUT2D eigenvalue weighted by Gasteiger charge is 2.24. The number of esters is 1. The molecule has 0 saturated heterocycles. The number of hydrogen-bond acceptors (Lipinski definition) is 4. The van der Waals surface area contributed by atoms with Crippen LogP contribution in [0.3, 0.4) is 0 Å². The summed E-state index contributed by atoms with van der Waals surface area (Å²) in [5.74, 6) is -1.41. The van der Waals surface area contributed by atoms with Crippen molar-refractivity contribution in [3.05, 3.63) is 51.7 Å². The van der Waals surface area contributed by atoms with Crippen molar-refractivity contribution in [2.24, 2.45) is 0 Å². The maximum atomic E-state index is 13.3. The summed E-state index contributed by atoms with van der Waals surface area (Å²) in [4.78, 5) is 25.7. The van der Waals surface area contributed by atoms with Crippen molar-refractivity contribution in [3.63, 3.8) is 0 Å². The number of carbonyl (C=O) groups is 2. The molecular formula is C18H20FNO3S. The second-order valence-electron chi connectivity index (χ2n) is 5.61. The third-order valence-electron chi connectivity index (χ3n) is 3.42. The number of thiophene rings is 1. The minimum atomic E-state index is -0.487. The first-order valence-electron chi connectivity index (χ1n) is 7.73. The molecule has 0 spiro atoms. The van der Waals surface area contributed by atoms with E-state index >= 15 is 0 Å². The van der Waals surface area contributed by atoms with Gasteiger partial charge in [-0.2, -0.15) is 0 Å². The Bertz CT molecular complexity index is 768. The second-order valence-corrected chi connectivity index (χ2v) is 6.84. The standard InChI is InChI=1S/C18H20FNO3S/c1-5-14-11(4)24-17(15(14)18(22)23-10(2)3)20-16(21)12-7-6-8-13(19)9-12/h6-10H,5H2,1-4H3,(H,20,21). The van der Waals surface area contributed by atoms with E-state index in [1.165, 1.54) is 29.5 Å². The number of nitrogens with one attached hydrogen (secondary N) is 1. The molecule has 0 unspecified atom stereocenters. The van der Waals surface area contributed by atoms with Gasteiger partial charge in [0, 0.05) is 10.4 Å². The zero-order chi connectivity index (χ0) is 17.9. The predicted molar refractivity (Wildman–Crippen MR) is 93.3 cm³/mol. The average molecular weight is 349 g/mol. The molecule has 0 aliphatic carbocycles. The third kappa shape index (κ3) is 4.00. The minimum absolute atomic E-state index is 0.197. The van der Waals surface area contributed by atoms with E-state index in [0.29, 0.717) is 17.0 Å². The molecule has 2 rings (SSSR count). The lowest BCUT2D eigenvalue weighted by Gasteiger charge is -2.11. The van der Waals surface area contributed by atoms with Crippen molar-refractivity contribution in [2.75, 3.05) is 5.32 Å². The molecule has 4 nitrogen and oxygen atoms in total. The largest absolute Gasteiger partial charge is 0.459 e. The SMILES string of the molecule is CCc1c(C)sc(NC(=O)c2cccc(F)c2)c1C(=O)OC(C)C. The molecule has 0 radical (unpaired) electrons. The number of benzene rings is 1. The van der Waals surface area contributed by atoms with Crippen LogP contribution in [0.25, 0.3) is 0 Å². The number of hydrogen-bond donors (Lipinski definition) is 1. The molecule has 2 aromatic rings. The van der Waals surface area contributed by atoms with Gasteiger partial charge < -0.3 is 10.1 Å². The quantitative estimate of drug-likeness (QED) is 0.804. The molecular weight excluding hydrogens is 329 g/mol. The van der Waals surface area contributed by atoms with Gasteiger partial charge in [0.25, 0.3) is 5.91 Å². The number of rotatable bonds is 5. The van der Waals surface area contributed by atoms with Crippen molar-refractivity contribution in [1.29, 1.82) is 0 Å². The summed E-state index contributed by atoms with van der Waals surface area (Å²) in [6.07, 6.45) is 0.398. The Labute approximate surface area is 144 Å². The van der Waals surface area contributed by atoms with E-state index in [1.807, 2.05) is 13.8 Å². The molecule has 1 amide bonds. The topological polar surface area (TPSA) is 55.4 Å². The van der Waals surface area contributed by atoms with E-state index in [2.05, 4.69) is 5.32 Å². The summed E-state index contributed by atoms with van der Waals surface area (Å²) >= 11 is 1.32. The molecule has 1 aromatic heterocycles. The molecule has 6 heteroatoms. The van der Waals surface area contributed by atoms with Crippen LogP contribution in [0.2, 0.25) is 0 Å². The molecule has 24 heavy (non-hydrogen) atoms. The fraction of sp³-hybridized carbons (Fsp3) is 0.333. The summed E-state index contributed by atoms with van der Waals surface area (Å²) in [7, 11) is 0. The van der Waals surface area contributed by atoms with Gasteiger partial charge in [-0.3, -0.25) is 4.79 Å². The van der Waals surface area contributed by atoms with Crippen molar-refractivity contribution in [3.8, 4) is 0 Å². The third-order valence-corrected chi connectivity index (χ3v) is 4.49. The Morgan fingerprint density at radius 3 is 2.62 bits per heavy atom. The normalized spacial score (nSPS) is 10.8. The van der Waals surface area contributed by atoms with E-state index in [1.54, 1.807) is 13.8 Å². The van der Waals surface area contributed by atoms with Crippen LogP contribution in [-0.2, 0) is 11.2 Å². The lowest BCUT2D eigenvalue weighted by atomic mass is 10.1. The molecule has 1 heterocycles. The van der Waals surface area contributed by atoms with Crippen LogP contribution < -0.4 is 5.32 Å². The fourth-order valence-electron chi connectivity index (χ4n) is 2.39. The first kappa shape index (κ1) is 18.1. The zero-order valence-electron chi connectivity index (χ0n) is 14.1. The van der Waals surface area contributed by atoms with Gasteiger partial charge in [0.05, 0.1) is 11.7 Å². The van der Waals surface area contributed by atoms with Crippen LogP contribution in [0.5, 0.6) is 0 Å². The summed E-state index contributed by atoms with van der Waals surface area (Å²) in [6, 6.07) is 5.41. The Balaban J connectivity index is 2.36. The minimum Gasteiger partial charge on any atom is -0.459 e. The van der Waals surface area contributed by atoms with Gasteiger partial charge in [-0.15, -0.1) is 11.3 Å². The monoisotopic (exact) mass is 349 g/mol. The Kier molecular flexibility index (Phi) is 5.72. The van der Waals surface area contributed by atoms with Gasteiger partial charge >= 0.3 is 5.97 Å². The highest BCUT2D eigenvalue weighted by atomic mass is 32.1. The molecule has 0 fully saturated rings. The number of ether oxygens (including phenoxy) is 1. The summed E-state index contributed by atoms with van der Waals surface area (Å²) < 4.78 is 18.6. The smallest absolute Gasteiger partial charge is 0.341 e. The lowest BCUT2D eigenvalue weighted by molar-refractivity contribution is 0.0378. The number of halogens is 1. The van der Waals surface area contributed by atoms with Crippen LogP contribution >= 0.6 is 11.3 Å². The van der Waals surface area contributed by atoms with Crippen LogP contribution in [-0.4, -0.2) is 18.0 Å². The van der Waals surface area contributed by atoms with E-state index in [-0.39, 0.29) is 11.7 Å². The molecule has 0 aliphatic rings. The van der Waals surface area contributed by atoms with Gasteiger partial charge in [0.1, 0.15) is 10.8 Å². The van der Waals surface area contributed by atoms with Crippen LogP contribution in [0.1, 0.15) is 51.9 Å². The molecule has 0 atom stereocenters. The summed E-state index contributed by atoms with van der Waals surface area (Å²) in [6.45, 7) is 7.38. The Hall–Kier alpha value is -2.21. The molecule has 0 bridgehead atoms. The van der Waals surface area contributed by atoms with Gasteiger partial charge in [-0.1, -0.05) is 13.0 Å². The molecule has 1 N–H and O–H groups in total. The Morgan fingerprint density at radius 2 is 2.04 bits per heavy atom. The van der Waals surface area contributed by atoms with Gasteiger partial charge in [0.15, 0.2) is 0 Å². The van der Waals surface area contributed by atoms with Crippen LogP contribution in [0, 0.1) is 12.7 Å². The summed E-state index contributed by atoms with van der Waals surface area (Å²) in [5, 5.41) is 3.15. The molecule has 0 aliphatic heterocycles. The summed E-state index contributed by atoms with van der Waals surface area (Å²) in [5.41, 5.74) is 1.45. The highest BCUT2D eigenvalue weighted by molar-refractivity contribution is 7.16. The fourth-order valence-corrected chi connectivity index (χ4v) is 3.51. The molecule has 1 aromatic carbocycles. The van der Waals surface area contributed by atoms with Crippen LogP contribution in [0.4, 0.5) is 9.39 Å². The van der Waals surface area contributed by atoms with Crippen molar-refractivity contribution >= 4 is 28.2 Å². The van der Waals surface area contributed by atoms with Gasteiger partial charge in [-0.05, 0) is 51.0 Å². The number of carbonyl (C=O) groups excluding carboxylic acids is 2. The second kappa shape index (κ2) is 7.57. The van der Waals surface area contributed by atoms with Crippen LogP contribution in [0.15, 0.2) is 24.3 Å². The first-order valence-corrected chi connectivity index (χ1v) is 8.55. The number of aryl methyl sites for hydroxylation is 1. The average Bonchev–Trinajstić information content (AvgIpc) is 2.81. The van der Waals surface area contributed by atoms with Crippen molar-refractivity contribution in [1.82, 2.24) is 0 Å². The van der Waals surface area contributed by atoms with E-state index in [4.69, 9.17) is 4.74 Å².